The lowest BCUT2D eigenvalue weighted by Gasteiger charge is -2.27. The van der Waals surface area contributed by atoms with Crippen molar-refractivity contribution in [1.29, 1.82) is 0 Å². The summed E-state index contributed by atoms with van der Waals surface area (Å²) in [6, 6.07) is 20.3. The SMILES string of the molecule is CC(=O)N1CCc2c(c(-c3ccc(Cl)c(-c4cccc(C(=O)NCCN5CCc6cc(C)ccc65)c4)c3)nn2CCCN2CCCC2)C1. The van der Waals surface area contributed by atoms with Crippen molar-refractivity contribution >= 4 is 29.1 Å². The van der Waals surface area contributed by atoms with E-state index >= 15 is 0 Å². The van der Waals surface area contributed by atoms with Gasteiger partial charge in [-0.1, -0.05) is 47.5 Å². The average molecular weight is 665 g/mol. The standard InChI is InChI=1S/C39H45ClN6O2/c1-27-9-12-36-30(23-27)13-20-44(36)22-15-41-39(48)32-8-5-7-29(24-32)33-25-31(10-11-35(33)40)38-34-26-45(28(2)47)21-14-37(34)46(42-38)19-6-18-43-16-3-4-17-43/h5,7-12,23-25H,3-4,6,13-22,26H2,1-2H3,(H,41,48). The Morgan fingerprint density at radius 1 is 0.896 bits per heavy atom. The number of likely N-dealkylation sites (tertiary alicyclic amines) is 1. The molecule has 48 heavy (non-hydrogen) atoms. The van der Waals surface area contributed by atoms with Gasteiger partial charge in [0.05, 0.1) is 5.69 Å². The maximum absolute atomic E-state index is 13.3. The summed E-state index contributed by atoms with van der Waals surface area (Å²) in [7, 11) is 0. The van der Waals surface area contributed by atoms with Crippen molar-refractivity contribution < 1.29 is 9.59 Å². The Labute approximate surface area is 288 Å². The third-order valence-corrected chi connectivity index (χ3v) is 10.5. The van der Waals surface area contributed by atoms with Crippen molar-refractivity contribution in [3.8, 4) is 22.4 Å². The normalized spacial score (nSPS) is 15.9. The number of hydrogen-bond acceptors (Lipinski definition) is 5. The van der Waals surface area contributed by atoms with Crippen molar-refractivity contribution in [3.63, 3.8) is 0 Å². The average Bonchev–Trinajstić information content (AvgIpc) is 3.84. The number of hydrogen-bond donors (Lipinski definition) is 1. The summed E-state index contributed by atoms with van der Waals surface area (Å²) in [6.45, 7) is 11.7. The molecule has 4 aromatic rings. The van der Waals surface area contributed by atoms with E-state index in [-0.39, 0.29) is 11.8 Å². The van der Waals surface area contributed by atoms with Gasteiger partial charge in [-0.25, -0.2) is 0 Å². The Hall–Kier alpha value is -4.14. The number of rotatable bonds is 10. The van der Waals surface area contributed by atoms with Gasteiger partial charge in [-0.2, -0.15) is 5.10 Å². The number of anilines is 1. The highest BCUT2D eigenvalue weighted by Gasteiger charge is 2.27. The summed E-state index contributed by atoms with van der Waals surface area (Å²) in [5.74, 6) is -0.0147. The number of carbonyl (C=O) groups is 2. The summed E-state index contributed by atoms with van der Waals surface area (Å²) in [4.78, 5) is 32.5. The van der Waals surface area contributed by atoms with Gasteiger partial charge in [0, 0.05) is 91.3 Å². The quantitative estimate of drug-likeness (QED) is 0.214. The van der Waals surface area contributed by atoms with E-state index in [0.29, 0.717) is 30.2 Å². The van der Waals surface area contributed by atoms with E-state index in [2.05, 4.69) is 51.0 Å². The molecule has 7 rings (SSSR count). The number of halogens is 1. The van der Waals surface area contributed by atoms with Crippen LogP contribution in [0.25, 0.3) is 22.4 Å². The van der Waals surface area contributed by atoms with E-state index < -0.39 is 0 Å². The zero-order chi connectivity index (χ0) is 33.2. The molecule has 0 aliphatic carbocycles. The van der Waals surface area contributed by atoms with Gasteiger partial charge in [-0.15, -0.1) is 0 Å². The van der Waals surface area contributed by atoms with E-state index in [1.165, 1.54) is 48.4 Å². The molecule has 4 heterocycles. The van der Waals surface area contributed by atoms with Crippen LogP contribution in [0.3, 0.4) is 0 Å². The monoisotopic (exact) mass is 664 g/mol. The molecule has 1 fully saturated rings. The number of aromatic nitrogens is 2. The largest absolute Gasteiger partial charge is 0.369 e. The van der Waals surface area contributed by atoms with Crippen LogP contribution in [-0.4, -0.2) is 77.2 Å². The number of benzene rings is 3. The fourth-order valence-corrected chi connectivity index (χ4v) is 7.81. The lowest BCUT2D eigenvalue weighted by Crippen LogP contribution is -2.34. The first-order valence-corrected chi connectivity index (χ1v) is 17.8. The Kier molecular flexibility index (Phi) is 9.55. The van der Waals surface area contributed by atoms with Crippen molar-refractivity contribution in [1.82, 2.24) is 24.9 Å². The molecule has 1 aromatic heterocycles. The fourth-order valence-electron chi connectivity index (χ4n) is 7.59. The van der Waals surface area contributed by atoms with Crippen LogP contribution in [-0.2, 0) is 30.7 Å². The second-order valence-corrected chi connectivity index (χ2v) is 13.9. The minimum Gasteiger partial charge on any atom is -0.369 e. The van der Waals surface area contributed by atoms with Crippen molar-refractivity contribution in [3.05, 3.63) is 93.6 Å². The summed E-state index contributed by atoms with van der Waals surface area (Å²) >= 11 is 6.81. The maximum Gasteiger partial charge on any atom is 0.251 e. The predicted molar refractivity (Wildman–Crippen MR) is 193 cm³/mol. The Morgan fingerprint density at radius 3 is 2.58 bits per heavy atom. The van der Waals surface area contributed by atoms with Gasteiger partial charge in [-0.3, -0.25) is 14.3 Å². The first-order valence-electron chi connectivity index (χ1n) is 17.4. The Morgan fingerprint density at radius 2 is 1.75 bits per heavy atom. The molecular formula is C39H45ClN6O2. The lowest BCUT2D eigenvalue weighted by atomic mass is 9.96. The van der Waals surface area contributed by atoms with Gasteiger partial charge in [0.15, 0.2) is 0 Å². The minimum atomic E-state index is -0.0986. The third-order valence-electron chi connectivity index (χ3n) is 10.2. The Balaban J connectivity index is 1.09. The first kappa shape index (κ1) is 32.4. The molecule has 3 aliphatic rings. The zero-order valence-corrected chi connectivity index (χ0v) is 28.9. The second-order valence-electron chi connectivity index (χ2n) is 13.5. The van der Waals surface area contributed by atoms with Gasteiger partial charge in [-0.05, 0) is 93.7 Å². The molecule has 0 unspecified atom stereocenters. The molecule has 9 heteroatoms. The molecule has 250 valence electrons. The molecule has 3 aliphatic heterocycles. The molecule has 3 aromatic carbocycles. The zero-order valence-electron chi connectivity index (χ0n) is 28.1. The summed E-state index contributed by atoms with van der Waals surface area (Å²) in [5, 5.41) is 8.90. The summed E-state index contributed by atoms with van der Waals surface area (Å²) in [6.07, 6.45) is 5.48. The third kappa shape index (κ3) is 6.87. The fraction of sp³-hybridized carbons (Fsp3) is 0.410. The first-order chi connectivity index (χ1) is 23.3. The van der Waals surface area contributed by atoms with Gasteiger partial charge in [0.25, 0.3) is 5.91 Å². The van der Waals surface area contributed by atoms with Crippen LogP contribution in [0.5, 0.6) is 0 Å². The van der Waals surface area contributed by atoms with E-state index in [0.717, 1.165) is 73.4 Å². The van der Waals surface area contributed by atoms with Crippen LogP contribution in [0.4, 0.5) is 5.69 Å². The predicted octanol–water partition coefficient (Wildman–Crippen LogP) is 6.36. The highest BCUT2D eigenvalue weighted by atomic mass is 35.5. The maximum atomic E-state index is 13.3. The summed E-state index contributed by atoms with van der Waals surface area (Å²) < 4.78 is 2.18. The number of carbonyl (C=O) groups excluding carboxylic acids is 2. The molecule has 0 bridgehead atoms. The van der Waals surface area contributed by atoms with Crippen LogP contribution in [0.15, 0.2) is 60.7 Å². The van der Waals surface area contributed by atoms with Crippen molar-refractivity contribution in [2.75, 3.05) is 50.7 Å². The number of aryl methyl sites for hydroxylation is 2. The highest BCUT2D eigenvalue weighted by molar-refractivity contribution is 6.33. The summed E-state index contributed by atoms with van der Waals surface area (Å²) in [5.41, 5.74) is 10.5. The number of nitrogens with one attached hydrogen (secondary N) is 1. The van der Waals surface area contributed by atoms with E-state index in [9.17, 15) is 9.59 Å². The highest BCUT2D eigenvalue weighted by Crippen LogP contribution is 2.36. The van der Waals surface area contributed by atoms with Crippen LogP contribution in [0.2, 0.25) is 5.02 Å². The van der Waals surface area contributed by atoms with E-state index in [1.807, 2.05) is 41.3 Å². The molecule has 0 radical (unpaired) electrons. The number of amides is 2. The minimum absolute atomic E-state index is 0.0839. The molecule has 2 amide bonds. The molecular weight excluding hydrogens is 620 g/mol. The molecule has 0 spiro atoms. The second kappa shape index (κ2) is 14.1. The van der Waals surface area contributed by atoms with E-state index in [4.69, 9.17) is 16.7 Å². The topological polar surface area (TPSA) is 73.7 Å². The van der Waals surface area contributed by atoms with Gasteiger partial charge in [0.1, 0.15) is 0 Å². The molecule has 0 saturated carbocycles. The van der Waals surface area contributed by atoms with Gasteiger partial charge >= 0.3 is 0 Å². The Bertz CT molecular complexity index is 1830. The van der Waals surface area contributed by atoms with Crippen LogP contribution < -0.4 is 10.2 Å². The van der Waals surface area contributed by atoms with Gasteiger partial charge in [0.2, 0.25) is 5.91 Å². The number of nitrogens with zero attached hydrogens (tertiary/aromatic N) is 5. The molecule has 1 N–H and O–H groups in total. The smallest absolute Gasteiger partial charge is 0.251 e. The van der Waals surface area contributed by atoms with Crippen molar-refractivity contribution in [2.24, 2.45) is 0 Å². The number of fused-ring (bicyclic) bond motifs is 2. The lowest BCUT2D eigenvalue weighted by molar-refractivity contribution is -0.129. The molecule has 0 atom stereocenters. The molecule has 1 saturated heterocycles. The van der Waals surface area contributed by atoms with Gasteiger partial charge < -0.3 is 20.0 Å². The van der Waals surface area contributed by atoms with Crippen LogP contribution >= 0.6 is 11.6 Å². The molecule has 8 nitrogen and oxygen atoms in total. The van der Waals surface area contributed by atoms with Crippen LogP contribution in [0, 0.1) is 6.92 Å². The van der Waals surface area contributed by atoms with Crippen molar-refractivity contribution in [2.45, 2.75) is 59.0 Å². The van der Waals surface area contributed by atoms with E-state index in [1.54, 1.807) is 6.92 Å². The van der Waals surface area contributed by atoms with Crippen LogP contribution in [0.1, 0.15) is 58.9 Å².